The summed E-state index contributed by atoms with van der Waals surface area (Å²) < 4.78 is 5.57. The monoisotopic (exact) mass is 346 g/mol. The highest BCUT2D eigenvalue weighted by Crippen LogP contribution is 2.31. The van der Waals surface area contributed by atoms with Crippen molar-refractivity contribution in [2.24, 2.45) is 0 Å². The fourth-order valence-electron chi connectivity index (χ4n) is 3.58. The molecule has 7 heteroatoms. The van der Waals surface area contributed by atoms with Crippen molar-refractivity contribution in [3.63, 3.8) is 0 Å². The summed E-state index contributed by atoms with van der Waals surface area (Å²) in [6.45, 7) is 5.80. The van der Waals surface area contributed by atoms with Gasteiger partial charge in [-0.1, -0.05) is 16.8 Å². The molecule has 1 aliphatic heterocycles. The van der Waals surface area contributed by atoms with Gasteiger partial charge in [-0.25, -0.2) is 0 Å². The molecular weight excluding hydrogens is 328 g/mol. The Kier molecular flexibility index (Phi) is 3.36. The van der Waals surface area contributed by atoms with Gasteiger partial charge in [0.25, 0.3) is 5.89 Å². The van der Waals surface area contributed by atoms with Gasteiger partial charge in [0.1, 0.15) is 0 Å². The van der Waals surface area contributed by atoms with Crippen LogP contribution in [0, 0.1) is 13.8 Å². The first-order valence-corrected chi connectivity index (χ1v) is 8.68. The van der Waals surface area contributed by atoms with E-state index in [2.05, 4.69) is 43.6 Å². The van der Waals surface area contributed by atoms with Crippen molar-refractivity contribution in [1.29, 1.82) is 0 Å². The summed E-state index contributed by atoms with van der Waals surface area (Å²) in [5.74, 6) is 0.996. The lowest BCUT2D eigenvalue weighted by Crippen LogP contribution is -2.24. The summed E-state index contributed by atoms with van der Waals surface area (Å²) in [6.07, 6.45) is 2.87. The second-order valence-electron chi connectivity index (χ2n) is 6.69. The highest BCUT2D eigenvalue weighted by atomic mass is 16.5. The van der Waals surface area contributed by atoms with Crippen LogP contribution in [0.1, 0.15) is 22.4 Å². The molecule has 26 heavy (non-hydrogen) atoms. The molecule has 4 aromatic rings. The number of benzene rings is 1. The minimum absolute atomic E-state index is 0.419. The molecule has 1 aliphatic rings. The molecule has 0 unspecified atom stereocenters. The van der Waals surface area contributed by atoms with Crippen molar-refractivity contribution in [3.8, 4) is 23.0 Å². The number of aryl methyl sites for hydroxylation is 2. The van der Waals surface area contributed by atoms with Crippen LogP contribution in [0.25, 0.3) is 33.9 Å². The van der Waals surface area contributed by atoms with Crippen LogP contribution in [0.5, 0.6) is 0 Å². The van der Waals surface area contributed by atoms with E-state index in [4.69, 9.17) is 4.52 Å². The van der Waals surface area contributed by atoms with Gasteiger partial charge in [-0.2, -0.15) is 10.1 Å². The maximum atomic E-state index is 5.57. The summed E-state index contributed by atoms with van der Waals surface area (Å²) in [4.78, 5) is 9.17. The van der Waals surface area contributed by atoms with E-state index in [1.54, 1.807) is 0 Å². The smallest absolute Gasteiger partial charge is 0.279 e. The second-order valence-corrected chi connectivity index (χ2v) is 6.69. The van der Waals surface area contributed by atoms with Gasteiger partial charge in [0.15, 0.2) is 5.69 Å². The normalized spacial score (nSPS) is 13.9. The van der Waals surface area contributed by atoms with Crippen molar-refractivity contribution in [1.82, 2.24) is 30.6 Å². The maximum absolute atomic E-state index is 5.57. The first-order chi connectivity index (χ1) is 12.7. The molecule has 7 nitrogen and oxygen atoms in total. The van der Waals surface area contributed by atoms with Crippen LogP contribution in [-0.4, -0.2) is 31.9 Å². The lowest BCUT2D eigenvalue weighted by Gasteiger charge is -2.19. The Hall–Kier alpha value is -3.06. The molecule has 0 bridgehead atoms. The van der Waals surface area contributed by atoms with Crippen molar-refractivity contribution in [2.75, 3.05) is 6.54 Å². The highest BCUT2D eigenvalue weighted by molar-refractivity contribution is 5.91. The zero-order valence-corrected chi connectivity index (χ0v) is 14.6. The van der Waals surface area contributed by atoms with E-state index in [-0.39, 0.29) is 0 Å². The quantitative estimate of drug-likeness (QED) is 0.580. The van der Waals surface area contributed by atoms with E-state index >= 15 is 0 Å². The van der Waals surface area contributed by atoms with Crippen molar-refractivity contribution in [3.05, 3.63) is 46.8 Å². The Morgan fingerprint density at radius 3 is 3.04 bits per heavy atom. The Balaban J connectivity index is 1.64. The van der Waals surface area contributed by atoms with Gasteiger partial charge in [0.2, 0.25) is 5.82 Å². The van der Waals surface area contributed by atoms with E-state index < -0.39 is 0 Å². The van der Waals surface area contributed by atoms with Crippen LogP contribution in [0.4, 0.5) is 0 Å². The largest absolute Gasteiger partial charge is 0.332 e. The summed E-state index contributed by atoms with van der Waals surface area (Å²) in [5.41, 5.74) is 7.14. The maximum Gasteiger partial charge on any atom is 0.279 e. The minimum atomic E-state index is 0.419. The van der Waals surface area contributed by atoms with Crippen LogP contribution < -0.4 is 5.32 Å². The van der Waals surface area contributed by atoms with Crippen LogP contribution in [0.2, 0.25) is 0 Å². The molecule has 0 amide bonds. The van der Waals surface area contributed by atoms with Gasteiger partial charge >= 0.3 is 0 Å². The van der Waals surface area contributed by atoms with Crippen molar-refractivity contribution < 1.29 is 4.52 Å². The van der Waals surface area contributed by atoms with Gasteiger partial charge in [0.05, 0.1) is 5.52 Å². The third-order valence-corrected chi connectivity index (χ3v) is 4.90. The molecule has 0 radical (unpaired) electrons. The van der Waals surface area contributed by atoms with E-state index in [1.807, 2.05) is 25.3 Å². The molecular formula is C19H18N6O. The molecule has 4 heterocycles. The number of fused-ring (bicyclic) bond motifs is 2. The Morgan fingerprint density at radius 1 is 1.19 bits per heavy atom. The summed E-state index contributed by atoms with van der Waals surface area (Å²) in [6, 6.07) is 6.12. The number of pyridine rings is 1. The first-order valence-electron chi connectivity index (χ1n) is 8.68. The number of aromatic amines is 1. The Bertz CT molecular complexity index is 1130. The molecule has 0 atom stereocenters. The molecule has 0 spiro atoms. The van der Waals surface area contributed by atoms with Crippen LogP contribution in [-0.2, 0) is 13.0 Å². The van der Waals surface area contributed by atoms with E-state index in [1.165, 1.54) is 11.1 Å². The third kappa shape index (κ3) is 2.32. The van der Waals surface area contributed by atoms with Crippen molar-refractivity contribution >= 4 is 10.9 Å². The minimum Gasteiger partial charge on any atom is -0.332 e. The fraction of sp³-hybridized carbons (Fsp3) is 0.263. The van der Waals surface area contributed by atoms with Gasteiger partial charge < -0.3 is 9.84 Å². The highest BCUT2D eigenvalue weighted by Gasteiger charge is 2.22. The van der Waals surface area contributed by atoms with Gasteiger partial charge in [-0.3, -0.25) is 10.1 Å². The van der Waals surface area contributed by atoms with Gasteiger partial charge in [0, 0.05) is 29.4 Å². The predicted molar refractivity (Wildman–Crippen MR) is 97.5 cm³/mol. The number of nitrogens with zero attached hydrogens (tertiary/aromatic N) is 4. The molecule has 0 aliphatic carbocycles. The van der Waals surface area contributed by atoms with Crippen LogP contribution in [0.15, 0.2) is 28.9 Å². The van der Waals surface area contributed by atoms with Gasteiger partial charge in [-0.05, 0) is 50.1 Å². The number of hydrogen-bond donors (Lipinski definition) is 2. The third-order valence-electron chi connectivity index (χ3n) is 4.90. The van der Waals surface area contributed by atoms with Crippen LogP contribution >= 0.6 is 0 Å². The predicted octanol–water partition coefficient (Wildman–Crippen LogP) is 2.94. The molecule has 0 saturated heterocycles. The number of H-pyrrole nitrogens is 1. The number of hydrogen-bond acceptors (Lipinski definition) is 6. The average molecular weight is 346 g/mol. The summed E-state index contributed by atoms with van der Waals surface area (Å²) >= 11 is 0. The molecule has 0 saturated carbocycles. The van der Waals surface area contributed by atoms with Crippen molar-refractivity contribution in [2.45, 2.75) is 26.8 Å². The molecule has 5 rings (SSSR count). The molecule has 1 aromatic carbocycles. The fourth-order valence-corrected chi connectivity index (χ4v) is 3.58. The number of aromatic nitrogens is 5. The second kappa shape index (κ2) is 5.74. The average Bonchev–Trinajstić information content (AvgIpc) is 3.28. The van der Waals surface area contributed by atoms with E-state index in [0.29, 0.717) is 17.4 Å². The Morgan fingerprint density at radius 2 is 2.12 bits per heavy atom. The lowest BCUT2D eigenvalue weighted by atomic mass is 9.95. The molecule has 2 N–H and O–H groups in total. The Labute approximate surface area is 149 Å². The number of nitrogens with one attached hydrogen (secondary N) is 2. The summed E-state index contributed by atoms with van der Waals surface area (Å²) in [5, 5.41) is 16.0. The molecule has 130 valence electrons. The van der Waals surface area contributed by atoms with Crippen LogP contribution in [0.3, 0.4) is 0 Å². The summed E-state index contributed by atoms with van der Waals surface area (Å²) in [7, 11) is 0. The molecule has 0 fully saturated rings. The standard InChI is InChI=1S/C19H18N6O/c1-10-3-4-15-14(7-10)17(24-23-15)19-22-18(25-26-19)16-11(2)21-9-12-8-20-6-5-13(12)16/h3-4,7,9,20H,5-6,8H2,1-2H3,(H,23,24). The van der Waals surface area contributed by atoms with E-state index in [0.717, 1.165) is 47.2 Å². The molecule has 3 aromatic heterocycles. The van der Waals surface area contributed by atoms with Gasteiger partial charge in [-0.15, -0.1) is 0 Å². The lowest BCUT2D eigenvalue weighted by molar-refractivity contribution is 0.431. The SMILES string of the molecule is Cc1ccc2[nH]nc(-c3nc(-c4c(C)ncc5c4CCNC5)no3)c2c1. The number of rotatable bonds is 2. The zero-order valence-electron chi connectivity index (χ0n) is 14.6. The topological polar surface area (TPSA) is 92.5 Å². The van der Waals surface area contributed by atoms with E-state index in [9.17, 15) is 0 Å². The zero-order chi connectivity index (χ0) is 17.7. The first kappa shape index (κ1) is 15.2.